The lowest BCUT2D eigenvalue weighted by atomic mass is 10.4. The van der Waals surface area contributed by atoms with Crippen LogP contribution in [-0.4, -0.2) is 28.0 Å². The lowest BCUT2D eigenvalue weighted by Gasteiger charge is -2.06. The molecule has 2 rings (SSSR count). The molecular weight excluding hydrogens is 202 g/mol. The number of nitrogens with zero attached hydrogens (tertiary/aromatic N) is 3. The van der Waals surface area contributed by atoms with Crippen LogP contribution in [-0.2, 0) is 0 Å². The van der Waals surface area contributed by atoms with E-state index in [1.165, 1.54) is 0 Å². The van der Waals surface area contributed by atoms with Crippen LogP contribution in [0.25, 0.3) is 0 Å². The van der Waals surface area contributed by atoms with Crippen molar-refractivity contribution in [2.24, 2.45) is 0 Å². The van der Waals surface area contributed by atoms with Gasteiger partial charge in [0.05, 0.1) is 5.69 Å². The second-order valence-electron chi connectivity index (χ2n) is 3.09. The molecule has 0 atom stereocenters. The highest BCUT2D eigenvalue weighted by molar-refractivity contribution is 5.38. The van der Waals surface area contributed by atoms with E-state index in [1.807, 2.05) is 12.1 Å². The van der Waals surface area contributed by atoms with Gasteiger partial charge >= 0.3 is 0 Å². The molecule has 0 aromatic carbocycles. The lowest BCUT2D eigenvalue weighted by molar-refractivity contribution is 1.02. The quantitative estimate of drug-likeness (QED) is 0.732. The van der Waals surface area contributed by atoms with Gasteiger partial charge in [0, 0.05) is 31.7 Å². The molecule has 0 fully saturated rings. The van der Waals surface area contributed by atoms with Gasteiger partial charge in [0.15, 0.2) is 0 Å². The van der Waals surface area contributed by atoms with Crippen LogP contribution >= 0.6 is 0 Å². The molecule has 0 bridgehead atoms. The Kier molecular flexibility index (Phi) is 3.65. The Bertz CT molecular complexity index is 362. The van der Waals surface area contributed by atoms with E-state index in [-0.39, 0.29) is 0 Å². The first kappa shape index (κ1) is 10.4. The number of anilines is 2. The van der Waals surface area contributed by atoms with Gasteiger partial charge < -0.3 is 10.6 Å². The molecule has 5 heteroatoms. The highest BCUT2D eigenvalue weighted by Crippen LogP contribution is 2.00. The maximum Gasteiger partial charge on any atom is 0.222 e. The SMILES string of the molecule is [c]1ncccc1NCCNc1ncccn1. The number of nitrogens with one attached hydrogen (secondary N) is 2. The molecule has 0 spiro atoms. The summed E-state index contributed by atoms with van der Waals surface area (Å²) in [5.74, 6) is 0.638. The molecule has 0 saturated heterocycles. The largest absolute Gasteiger partial charge is 0.381 e. The lowest BCUT2D eigenvalue weighted by Crippen LogP contribution is -2.15. The van der Waals surface area contributed by atoms with Crippen molar-refractivity contribution >= 4 is 11.6 Å². The molecule has 1 radical (unpaired) electrons. The van der Waals surface area contributed by atoms with Crippen molar-refractivity contribution in [2.75, 3.05) is 23.7 Å². The fraction of sp³-hybridized carbons (Fsp3) is 0.182. The Balaban J connectivity index is 1.70. The molecule has 0 aliphatic rings. The minimum absolute atomic E-state index is 0.638. The molecule has 0 unspecified atom stereocenters. The molecule has 2 aromatic rings. The molecule has 2 aromatic heterocycles. The van der Waals surface area contributed by atoms with E-state index in [9.17, 15) is 0 Å². The zero-order valence-electron chi connectivity index (χ0n) is 8.72. The third kappa shape index (κ3) is 3.20. The summed E-state index contributed by atoms with van der Waals surface area (Å²) in [5.41, 5.74) is 0.887. The third-order valence-electron chi connectivity index (χ3n) is 1.90. The third-order valence-corrected chi connectivity index (χ3v) is 1.90. The van der Waals surface area contributed by atoms with Gasteiger partial charge in [0.25, 0.3) is 0 Å². The van der Waals surface area contributed by atoms with Crippen molar-refractivity contribution in [3.05, 3.63) is 43.0 Å². The standard InChI is InChI=1S/C11H12N5/c1-3-10(9-12-4-1)13-7-8-16-11-14-5-2-6-15-11/h1-6,13H,7-8H2,(H,14,15,16). The Labute approximate surface area is 94.0 Å². The Morgan fingerprint density at radius 2 is 1.81 bits per heavy atom. The zero-order chi connectivity index (χ0) is 11.1. The van der Waals surface area contributed by atoms with Crippen LogP contribution in [0.2, 0.25) is 0 Å². The predicted octanol–water partition coefficient (Wildman–Crippen LogP) is 1.20. The van der Waals surface area contributed by atoms with Crippen molar-refractivity contribution in [1.29, 1.82) is 0 Å². The minimum Gasteiger partial charge on any atom is -0.381 e. The topological polar surface area (TPSA) is 62.7 Å². The smallest absolute Gasteiger partial charge is 0.222 e. The molecule has 16 heavy (non-hydrogen) atoms. The summed E-state index contributed by atoms with van der Waals surface area (Å²) in [6.45, 7) is 1.51. The summed E-state index contributed by atoms with van der Waals surface area (Å²) in [5, 5.41) is 6.27. The van der Waals surface area contributed by atoms with E-state index in [1.54, 1.807) is 24.7 Å². The average Bonchev–Trinajstić information content (AvgIpc) is 2.37. The van der Waals surface area contributed by atoms with E-state index in [0.717, 1.165) is 18.8 Å². The van der Waals surface area contributed by atoms with E-state index >= 15 is 0 Å². The van der Waals surface area contributed by atoms with Crippen LogP contribution < -0.4 is 10.6 Å². The fourth-order valence-electron chi connectivity index (χ4n) is 1.19. The molecule has 0 amide bonds. The minimum atomic E-state index is 0.638. The highest BCUT2D eigenvalue weighted by atomic mass is 15.1. The van der Waals surface area contributed by atoms with Gasteiger partial charge in [-0.1, -0.05) is 0 Å². The Hall–Kier alpha value is -2.17. The second-order valence-corrected chi connectivity index (χ2v) is 3.09. The molecule has 0 aliphatic heterocycles. The summed E-state index contributed by atoms with van der Waals surface area (Å²) in [6.07, 6.45) is 7.95. The predicted molar refractivity (Wildman–Crippen MR) is 62.1 cm³/mol. The maximum atomic E-state index is 4.05. The van der Waals surface area contributed by atoms with Crippen LogP contribution in [0.4, 0.5) is 11.6 Å². The Morgan fingerprint density at radius 3 is 2.56 bits per heavy atom. The van der Waals surface area contributed by atoms with Crippen molar-refractivity contribution < 1.29 is 0 Å². The van der Waals surface area contributed by atoms with E-state index < -0.39 is 0 Å². The van der Waals surface area contributed by atoms with Gasteiger partial charge in [0.2, 0.25) is 5.95 Å². The number of hydrogen-bond acceptors (Lipinski definition) is 5. The first-order valence-corrected chi connectivity index (χ1v) is 5.02. The zero-order valence-corrected chi connectivity index (χ0v) is 8.72. The van der Waals surface area contributed by atoms with Gasteiger partial charge in [-0.05, 0) is 18.2 Å². The second kappa shape index (κ2) is 5.65. The van der Waals surface area contributed by atoms with Gasteiger partial charge in [-0.3, -0.25) is 4.98 Å². The summed E-state index contributed by atoms with van der Waals surface area (Å²) in [7, 11) is 0. The van der Waals surface area contributed by atoms with Crippen LogP contribution in [0.15, 0.2) is 36.8 Å². The van der Waals surface area contributed by atoms with Gasteiger partial charge in [-0.2, -0.15) is 0 Å². The molecule has 0 aliphatic carbocycles. The molecule has 2 N–H and O–H groups in total. The summed E-state index contributed by atoms with van der Waals surface area (Å²) in [4.78, 5) is 12.0. The monoisotopic (exact) mass is 214 g/mol. The Morgan fingerprint density at radius 1 is 1.00 bits per heavy atom. The van der Waals surface area contributed by atoms with E-state index in [2.05, 4.69) is 31.8 Å². The van der Waals surface area contributed by atoms with E-state index in [0.29, 0.717) is 5.95 Å². The van der Waals surface area contributed by atoms with Gasteiger partial charge in [-0.15, -0.1) is 0 Å². The molecule has 81 valence electrons. The molecule has 2 heterocycles. The van der Waals surface area contributed by atoms with Crippen LogP contribution in [0, 0.1) is 6.20 Å². The first-order valence-electron chi connectivity index (χ1n) is 5.02. The fourth-order valence-corrected chi connectivity index (χ4v) is 1.19. The van der Waals surface area contributed by atoms with E-state index in [4.69, 9.17) is 0 Å². The highest BCUT2D eigenvalue weighted by Gasteiger charge is 1.93. The normalized spacial score (nSPS) is 9.75. The van der Waals surface area contributed by atoms with Crippen molar-refractivity contribution in [2.45, 2.75) is 0 Å². The number of rotatable bonds is 5. The average molecular weight is 214 g/mol. The van der Waals surface area contributed by atoms with Gasteiger partial charge in [0.1, 0.15) is 6.20 Å². The maximum absolute atomic E-state index is 4.05. The van der Waals surface area contributed by atoms with Crippen molar-refractivity contribution in [3.8, 4) is 0 Å². The molecule has 5 nitrogen and oxygen atoms in total. The van der Waals surface area contributed by atoms with Gasteiger partial charge in [-0.25, -0.2) is 9.97 Å². The first-order chi connectivity index (χ1) is 7.95. The number of aromatic nitrogens is 3. The van der Waals surface area contributed by atoms with Crippen molar-refractivity contribution in [1.82, 2.24) is 15.0 Å². The number of pyridine rings is 1. The van der Waals surface area contributed by atoms with Crippen LogP contribution in [0.5, 0.6) is 0 Å². The van der Waals surface area contributed by atoms with Crippen LogP contribution in [0.1, 0.15) is 0 Å². The molecular formula is C11H12N5. The summed E-state index contributed by atoms with van der Waals surface area (Å²) < 4.78 is 0. The van der Waals surface area contributed by atoms with Crippen molar-refractivity contribution in [3.63, 3.8) is 0 Å². The molecule has 0 saturated carbocycles. The summed E-state index contributed by atoms with van der Waals surface area (Å²) in [6, 6.07) is 5.58. The number of hydrogen-bond donors (Lipinski definition) is 2. The van der Waals surface area contributed by atoms with Crippen LogP contribution in [0.3, 0.4) is 0 Å². The summed E-state index contributed by atoms with van der Waals surface area (Å²) >= 11 is 0.